The van der Waals surface area contributed by atoms with Crippen LogP contribution in [0.2, 0.25) is 0 Å². The second-order valence-electron chi connectivity index (χ2n) is 3.46. The summed E-state index contributed by atoms with van der Waals surface area (Å²) in [6, 6.07) is 11.6. The normalized spacial score (nSPS) is 11.1. The minimum Gasteiger partial charge on any atom is -0.390 e. The highest BCUT2D eigenvalue weighted by atomic mass is 16.1. The van der Waals surface area contributed by atoms with Gasteiger partial charge in [0, 0.05) is 26.2 Å². The fourth-order valence-corrected chi connectivity index (χ4v) is 1.48. The maximum absolute atomic E-state index is 11.5. The molecule has 0 aliphatic carbocycles. The molecule has 17 heavy (non-hydrogen) atoms. The van der Waals surface area contributed by atoms with E-state index < -0.39 is 0 Å². The first kappa shape index (κ1) is 12.8. The fourth-order valence-electron chi connectivity index (χ4n) is 1.48. The van der Waals surface area contributed by atoms with Crippen molar-refractivity contribution in [2.45, 2.75) is 6.42 Å². The number of nitriles is 1. The van der Waals surface area contributed by atoms with Gasteiger partial charge in [-0.15, -0.1) is 0 Å². The zero-order valence-electron chi connectivity index (χ0n) is 9.95. The van der Waals surface area contributed by atoms with Gasteiger partial charge in [0.15, 0.2) is 0 Å². The standard InChI is InChI=1S/C13H15N3O/c1-15-12(11(9-14)13(17)16-2)8-10-6-4-3-5-7-10/h3-7,15H,8H2,1-2H3,(H,16,17)/b12-11-. The minimum absolute atomic E-state index is 0.124. The second-order valence-corrected chi connectivity index (χ2v) is 3.46. The Kier molecular flexibility index (Phi) is 4.77. The Morgan fingerprint density at radius 3 is 2.35 bits per heavy atom. The molecule has 4 nitrogen and oxygen atoms in total. The van der Waals surface area contributed by atoms with E-state index in [0.29, 0.717) is 12.1 Å². The van der Waals surface area contributed by atoms with Crippen LogP contribution in [0.5, 0.6) is 0 Å². The third-order valence-corrected chi connectivity index (χ3v) is 2.39. The van der Waals surface area contributed by atoms with E-state index in [4.69, 9.17) is 5.26 Å². The first-order valence-electron chi connectivity index (χ1n) is 5.30. The molecule has 0 unspecified atom stereocenters. The fraction of sp³-hybridized carbons (Fsp3) is 0.231. The number of hydrogen-bond donors (Lipinski definition) is 2. The van der Waals surface area contributed by atoms with Gasteiger partial charge < -0.3 is 10.6 Å². The van der Waals surface area contributed by atoms with Crippen molar-refractivity contribution < 1.29 is 4.79 Å². The first-order valence-corrected chi connectivity index (χ1v) is 5.30. The van der Waals surface area contributed by atoms with Crippen molar-refractivity contribution >= 4 is 5.91 Å². The van der Waals surface area contributed by atoms with E-state index in [9.17, 15) is 4.79 Å². The molecule has 0 atom stereocenters. The molecule has 4 heteroatoms. The maximum atomic E-state index is 11.5. The topological polar surface area (TPSA) is 64.9 Å². The zero-order valence-corrected chi connectivity index (χ0v) is 9.95. The van der Waals surface area contributed by atoms with E-state index in [1.807, 2.05) is 36.4 Å². The molecule has 2 N–H and O–H groups in total. The van der Waals surface area contributed by atoms with Crippen LogP contribution < -0.4 is 10.6 Å². The number of likely N-dealkylation sites (N-methyl/N-ethyl adjacent to an activating group) is 2. The van der Waals surface area contributed by atoms with Crippen LogP contribution in [0.1, 0.15) is 5.56 Å². The Balaban J connectivity index is 3.02. The predicted molar refractivity (Wildman–Crippen MR) is 65.9 cm³/mol. The molecule has 0 bridgehead atoms. The monoisotopic (exact) mass is 229 g/mol. The van der Waals surface area contributed by atoms with Gasteiger partial charge in [-0.2, -0.15) is 5.26 Å². The van der Waals surface area contributed by atoms with Crippen LogP contribution in [0, 0.1) is 11.3 Å². The lowest BCUT2D eigenvalue weighted by atomic mass is 10.1. The highest BCUT2D eigenvalue weighted by molar-refractivity contribution is 5.97. The maximum Gasteiger partial charge on any atom is 0.263 e. The number of nitrogens with zero attached hydrogens (tertiary/aromatic N) is 1. The Hall–Kier alpha value is -2.28. The average Bonchev–Trinajstić information content (AvgIpc) is 2.39. The molecule has 0 aliphatic heterocycles. The Labute approximate surface area is 101 Å². The van der Waals surface area contributed by atoms with E-state index in [2.05, 4.69) is 10.6 Å². The summed E-state index contributed by atoms with van der Waals surface area (Å²) in [4.78, 5) is 11.5. The third kappa shape index (κ3) is 3.35. The SMILES string of the molecule is CNC(=O)/C(C#N)=C(/Cc1ccccc1)NC. The Morgan fingerprint density at radius 2 is 1.88 bits per heavy atom. The van der Waals surface area contributed by atoms with Crippen molar-refractivity contribution in [3.63, 3.8) is 0 Å². The van der Waals surface area contributed by atoms with Crippen LogP contribution >= 0.6 is 0 Å². The lowest BCUT2D eigenvalue weighted by Crippen LogP contribution is -2.24. The molecule has 0 spiro atoms. The predicted octanol–water partition coefficient (Wildman–Crippen LogP) is 0.972. The van der Waals surface area contributed by atoms with Crippen molar-refractivity contribution in [1.29, 1.82) is 5.26 Å². The van der Waals surface area contributed by atoms with Gasteiger partial charge in [0.1, 0.15) is 11.6 Å². The van der Waals surface area contributed by atoms with Gasteiger partial charge in [-0.25, -0.2) is 0 Å². The van der Waals surface area contributed by atoms with Crippen LogP contribution in [0.4, 0.5) is 0 Å². The van der Waals surface area contributed by atoms with Crippen molar-refractivity contribution in [3.05, 3.63) is 47.2 Å². The lowest BCUT2D eigenvalue weighted by molar-refractivity contribution is -0.116. The summed E-state index contributed by atoms with van der Waals surface area (Å²) in [5.41, 5.74) is 1.80. The van der Waals surface area contributed by atoms with Gasteiger partial charge in [-0.05, 0) is 5.56 Å². The number of amides is 1. The molecular formula is C13H15N3O. The largest absolute Gasteiger partial charge is 0.390 e. The summed E-state index contributed by atoms with van der Waals surface area (Å²) in [6.45, 7) is 0. The summed E-state index contributed by atoms with van der Waals surface area (Å²) in [5.74, 6) is -0.368. The Bertz CT molecular complexity index is 457. The highest BCUT2D eigenvalue weighted by Crippen LogP contribution is 2.09. The van der Waals surface area contributed by atoms with Crippen molar-refractivity contribution in [2.75, 3.05) is 14.1 Å². The van der Waals surface area contributed by atoms with Gasteiger partial charge in [0.05, 0.1) is 0 Å². The first-order chi connectivity index (χ1) is 8.22. The summed E-state index contributed by atoms with van der Waals surface area (Å²) in [5, 5.41) is 14.4. The van der Waals surface area contributed by atoms with E-state index in [0.717, 1.165) is 5.56 Å². The van der Waals surface area contributed by atoms with Crippen LogP contribution in [0.25, 0.3) is 0 Å². The van der Waals surface area contributed by atoms with E-state index in [-0.39, 0.29) is 11.5 Å². The van der Waals surface area contributed by atoms with Gasteiger partial charge in [0.2, 0.25) is 0 Å². The molecule has 0 saturated heterocycles. The molecule has 1 aromatic rings. The molecule has 1 aromatic carbocycles. The quantitative estimate of drug-likeness (QED) is 0.597. The number of carbonyl (C=O) groups is 1. The van der Waals surface area contributed by atoms with Crippen LogP contribution in [0.15, 0.2) is 41.6 Å². The smallest absolute Gasteiger partial charge is 0.263 e. The summed E-state index contributed by atoms with van der Waals surface area (Å²) < 4.78 is 0. The van der Waals surface area contributed by atoms with Crippen molar-refractivity contribution in [1.82, 2.24) is 10.6 Å². The number of allylic oxidation sites excluding steroid dienone is 1. The summed E-state index contributed by atoms with van der Waals surface area (Å²) in [6.07, 6.45) is 0.535. The molecule has 88 valence electrons. The summed E-state index contributed by atoms with van der Waals surface area (Å²) >= 11 is 0. The van der Waals surface area contributed by atoms with Gasteiger partial charge in [0.25, 0.3) is 5.91 Å². The van der Waals surface area contributed by atoms with Gasteiger partial charge >= 0.3 is 0 Å². The Morgan fingerprint density at radius 1 is 1.24 bits per heavy atom. The molecule has 0 radical (unpaired) electrons. The van der Waals surface area contributed by atoms with Crippen molar-refractivity contribution in [3.8, 4) is 6.07 Å². The molecular weight excluding hydrogens is 214 g/mol. The molecule has 0 aromatic heterocycles. The highest BCUT2D eigenvalue weighted by Gasteiger charge is 2.13. The number of hydrogen-bond acceptors (Lipinski definition) is 3. The van der Waals surface area contributed by atoms with Crippen LogP contribution in [-0.2, 0) is 11.2 Å². The zero-order chi connectivity index (χ0) is 12.7. The van der Waals surface area contributed by atoms with E-state index in [1.54, 1.807) is 7.05 Å². The number of carbonyl (C=O) groups excluding carboxylic acids is 1. The second kappa shape index (κ2) is 6.33. The average molecular weight is 229 g/mol. The molecule has 0 aliphatic rings. The summed E-state index contributed by atoms with van der Waals surface area (Å²) in [7, 11) is 3.22. The minimum atomic E-state index is -0.368. The van der Waals surface area contributed by atoms with Crippen molar-refractivity contribution in [2.24, 2.45) is 0 Å². The molecule has 1 amide bonds. The van der Waals surface area contributed by atoms with Gasteiger partial charge in [-0.1, -0.05) is 30.3 Å². The van der Waals surface area contributed by atoms with E-state index in [1.165, 1.54) is 7.05 Å². The molecule has 0 fully saturated rings. The molecule has 0 saturated carbocycles. The van der Waals surface area contributed by atoms with Crippen LogP contribution in [0.3, 0.4) is 0 Å². The lowest BCUT2D eigenvalue weighted by Gasteiger charge is -2.09. The van der Waals surface area contributed by atoms with Gasteiger partial charge in [-0.3, -0.25) is 4.79 Å². The number of nitrogens with one attached hydrogen (secondary N) is 2. The van der Waals surface area contributed by atoms with E-state index >= 15 is 0 Å². The molecule has 0 heterocycles. The van der Waals surface area contributed by atoms with Crippen LogP contribution in [-0.4, -0.2) is 20.0 Å². The number of rotatable bonds is 4. The molecule has 1 rings (SSSR count). The number of benzene rings is 1. The third-order valence-electron chi connectivity index (χ3n) is 2.39.